The molecule has 2 rings (SSSR count). The number of hydrogen-bond donors (Lipinski definition) is 1. The van der Waals surface area contributed by atoms with Crippen molar-refractivity contribution in [2.75, 3.05) is 6.54 Å². The van der Waals surface area contributed by atoms with E-state index in [9.17, 15) is 4.79 Å². The van der Waals surface area contributed by atoms with Crippen LogP contribution in [-0.4, -0.2) is 29.4 Å². The van der Waals surface area contributed by atoms with Crippen LogP contribution in [0.5, 0.6) is 0 Å². The smallest absolute Gasteiger partial charge is 0.223 e. The Hall–Kier alpha value is -0.570. The zero-order valence-corrected chi connectivity index (χ0v) is 11.7. The largest absolute Gasteiger partial charge is 0.340 e. The minimum absolute atomic E-state index is 0.367. The fourth-order valence-electron chi connectivity index (χ4n) is 3.23. The van der Waals surface area contributed by atoms with Gasteiger partial charge < -0.3 is 10.6 Å². The van der Waals surface area contributed by atoms with E-state index in [2.05, 4.69) is 11.8 Å². The number of rotatable bonds is 5. The van der Waals surface area contributed by atoms with Crippen LogP contribution in [0.4, 0.5) is 0 Å². The van der Waals surface area contributed by atoms with Crippen molar-refractivity contribution in [1.82, 2.24) is 4.90 Å². The summed E-state index contributed by atoms with van der Waals surface area (Å²) >= 11 is 0. The second-order valence-electron chi connectivity index (χ2n) is 6.16. The third-order valence-corrected chi connectivity index (χ3v) is 4.66. The number of nitrogens with two attached hydrogens (primary N) is 1. The molecule has 3 heteroatoms. The highest BCUT2D eigenvalue weighted by Gasteiger charge is 2.29. The minimum atomic E-state index is 0.367. The molecule has 3 nitrogen and oxygen atoms in total. The van der Waals surface area contributed by atoms with E-state index in [1.807, 2.05) is 0 Å². The summed E-state index contributed by atoms with van der Waals surface area (Å²) in [6.45, 7) is 3.10. The Morgan fingerprint density at radius 2 is 1.83 bits per heavy atom. The van der Waals surface area contributed by atoms with Crippen LogP contribution in [0.15, 0.2) is 0 Å². The predicted molar refractivity (Wildman–Crippen MR) is 74.2 cm³/mol. The molecule has 0 atom stereocenters. The molecule has 0 aromatic heterocycles. The van der Waals surface area contributed by atoms with Gasteiger partial charge in [0.2, 0.25) is 5.91 Å². The number of hydrogen-bond acceptors (Lipinski definition) is 2. The van der Waals surface area contributed by atoms with E-state index in [4.69, 9.17) is 5.73 Å². The maximum absolute atomic E-state index is 12.4. The van der Waals surface area contributed by atoms with E-state index < -0.39 is 0 Å². The highest BCUT2D eigenvalue weighted by Crippen LogP contribution is 2.31. The number of carbonyl (C=O) groups is 1. The van der Waals surface area contributed by atoms with E-state index >= 15 is 0 Å². The summed E-state index contributed by atoms with van der Waals surface area (Å²) in [6.07, 6.45) is 10.1. The molecule has 0 radical (unpaired) electrons. The van der Waals surface area contributed by atoms with Crippen LogP contribution in [0, 0.1) is 5.92 Å². The molecule has 1 amide bonds. The van der Waals surface area contributed by atoms with Crippen molar-refractivity contribution in [1.29, 1.82) is 0 Å². The zero-order valence-electron chi connectivity index (χ0n) is 11.7. The molecule has 18 heavy (non-hydrogen) atoms. The lowest BCUT2D eigenvalue weighted by atomic mass is 9.82. The summed E-state index contributed by atoms with van der Waals surface area (Å²) in [5.41, 5.74) is 5.96. The maximum Gasteiger partial charge on any atom is 0.223 e. The molecule has 0 aliphatic heterocycles. The summed E-state index contributed by atoms with van der Waals surface area (Å²) in [5, 5.41) is 0. The summed E-state index contributed by atoms with van der Waals surface area (Å²) in [6, 6.07) is 0.837. The van der Waals surface area contributed by atoms with Crippen LogP contribution in [0.3, 0.4) is 0 Å². The molecule has 104 valence electrons. The lowest BCUT2D eigenvalue weighted by Crippen LogP contribution is -2.45. The van der Waals surface area contributed by atoms with Crippen LogP contribution in [0.2, 0.25) is 0 Å². The lowest BCUT2D eigenvalue weighted by molar-refractivity contribution is -0.136. The second kappa shape index (κ2) is 6.55. The van der Waals surface area contributed by atoms with Crippen LogP contribution in [0.25, 0.3) is 0 Å². The molecule has 0 aromatic carbocycles. The molecule has 0 spiro atoms. The monoisotopic (exact) mass is 252 g/mol. The molecule has 0 bridgehead atoms. The average molecular weight is 252 g/mol. The first-order valence-electron chi connectivity index (χ1n) is 7.75. The average Bonchev–Trinajstić information content (AvgIpc) is 2.32. The second-order valence-corrected chi connectivity index (χ2v) is 6.16. The van der Waals surface area contributed by atoms with Crippen LogP contribution in [-0.2, 0) is 4.79 Å². The predicted octanol–water partition coefficient (Wildman–Crippen LogP) is 2.69. The van der Waals surface area contributed by atoms with Crippen molar-refractivity contribution in [3.63, 3.8) is 0 Å². The van der Waals surface area contributed by atoms with Gasteiger partial charge >= 0.3 is 0 Å². The molecule has 2 saturated carbocycles. The molecule has 2 aliphatic carbocycles. The van der Waals surface area contributed by atoms with Crippen LogP contribution >= 0.6 is 0 Å². The molecule has 0 heterocycles. The van der Waals surface area contributed by atoms with Gasteiger partial charge in [0.1, 0.15) is 0 Å². The molecule has 0 aromatic rings. The summed E-state index contributed by atoms with van der Waals surface area (Å²) in [4.78, 5) is 14.6. The topological polar surface area (TPSA) is 46.3 Å². The third kappa shape index (κ3) is 3.47. The quantitative estimate of drug-likeness (QED) is 0.817. The van der Waals surface area contributed by atoms with Gasteiger partial charge in [0.15, 0.2) is 0 Å². The van der Waals surface area contributed by atoms with Gasteiger partial charge in [-0.3, -0.25) is 4.79 Å². The molecule has 0 saturated heterocycles. The van der Waals surface area contributed by atoms with Crippen molar-refractivity contribution in [2.24, 2.45) is 11.7 Å². The van der Waals surface area contributed by atoms with Crippen LogP contribution in [0.1, 0.15) is 64.7 Å². The summed E-state index contributed by atoms with van der Waals surface area (Å²) in [5.74, 6) is 1.09. The summed E-state index contributed by atoms with van der Waals surface area (Å²) < 4.78 is 0. The zero-order chi connectivity index (χ0) is 13.0. The van der Waals surface area contributed by atoms with Gasteiger partial charge in [-0.05, 0) is 50.9 Å². The van der Waals surface area contributed by atoms with Crippen molar-refractivity contribution in [3.8, 4) is 0 Å². The highest BCUT2D eigenvalue weighted by molar-refractivity contribution is 5.76. The first kappa shape index (κ1) is 13.9. The number of nitrogens with zero attached hydrogens (tertiary/aromatic N) is 1. The third-order valence-electron chi connectivity index (χ3n) is 4.66. The Bertz CT molecular complexity index is 268. The SMILES string of the molecule is CCCN(C(=O)CC1CCC1)C1CCC(N)CC1. The molecular weight excluding hydrogens is 224 g/mol. The van der Waals surface area contributed by atoms with E-state index in [-0.39, 0.29) is 0 Å². The van der Waals surface area contributed by atoms with Crippen molar-refractivity contribution in [3.05, 3.63) is 0 Å². The Labute approximate surface area is 111 Å². The van der Waals surface area contributed by atoms with Gasteiger partial charge in [-0.15, -0.1) is 0 Å². The highest BCUT2D eigenvalue weighted by atomic mass is 16.2. The van der Waals surface area contributed by atoms with Crippen molar-refractivity contribution < 1.29 is 4.79 Å². The van der Waals surface area contributed by atoms with E-state index in [0.717, 1.165) is 45.1 Å². The van der Waals surface area contributed by atoms with Gasteiger partial charge in [-0.1, -0.05) is 13.3 Å². The standard InChI is InChI=1S/C15H28N2O/c1-2-10-17(14-8-6-13(16)7-9-14)15(18)11-12-4-3-5-12/h12-14H,2-11,16H2,1H3. The number of amides is 1. The Balaban J connectivity index is 1.87. The summed E-state index contributed by atoms with van der Waals surface area (Å²) in [7, 11) is 0. The van der Waals surface area contributed by atoms with E-state index in [1.54, 1.807) is 0 Å². The van der Waals surface area contributed by atoms with E-state index in [1.165, 1.54) is 19.3 Å². The molecule has 0 unspecified atom stereocenters. The number of carbonyl (C=O) groups excluding carboxylic acids is 1. The maximum atomic E-state index is 12.4. The molecule has 2 fully saturated rings. The Morgan fingerprint density at radius 1 is 1.17 bits per heavy atom. The fourth-order valence-corrected chi connectivity index (χ4v) is 3.23. The van der Waals surface area contributed by atoms with Crippen molar-refractivity contribution in [2.45, 2.75) is 76.8 Å². The molecule has 2 aliphatic rings. The molecule has 2 N–H and O–H groups in total. The first-order valence-corrected chi connectivity index (χ1v) is 7.75. The van der Waals surface area contributed by atoms with E-state index in [0.29, 0.717) is 23.9 Å². The van der Waals surface area contributed by atoms with Gasteiger partial charge in [0.05, 0.1) is 0 Å². The minimum Gasteiger partial charge on any atom is -0.340 e. The lowest BCUT2D eigenvalue weighted by Gasteiger charge is -2.37. The Morgan fingerprint density at radius 3 is 2.33 bits per heavy atom. The fraction of sp³-hybridized carbons (Fsp3) is 0.933. The van der Waals surface area contributed by atoms with Crippen molar-refractivity contribution >= 4 is 5.91 Å². The van der Waals surface area contributed by atoms with Gasteiger partial charge in [0.25, 0.3) is 0 Å². The first-order chi connectivity index (χ1) is 8.70. The molecular formula is C15H28N2O. The van der Waals surface area contributed by atoms with Gasteiger partial charge in [-0.25, -0.2) is 0 Å². The van der Waals surface area contributed by atoms with Gasteiger partial charge in [0, 0.05) is 25.0 Å². The normalized spacial score (nSPS) is 28.8. The van der Waals surface area contributed by atoms with Gasteiger partial charge in [-0.2, -0.15) is 0 Å². The Kier molecular flexibility index (Phi) is 5.04. The van der Waals surface area contributed by atoms with Crippen LogP contribution < -0.4 is 5.73 Å².